The van der Waals surface area contributed by atoms with Crippen molar-refractivity contribution in [2.24, 2.45) is 0 Å². The molecule has 0 heterocycles. The van der Waals surface area contributed by atoms with E-state index in [0.717, 1.165) is 22.9 Å². The van der Waals surface area contributed by atoms with Gasteiger partial charge in [0.1, 0.15) is 0 Å². The normalized spacial score (nSPS) is 12.1. The molecule has 3 heteroatoms. The van der Waals surface area contributed by atoms with Crippen molar-refractivity contribution in [1.82, 2.24) is 0 Å². The van der Waals surface area contributed by atoms with Crippen LogP contribution in [0.3, 0.4) is 0 Å². The predicted octanol–water partition coefficient (Wildman–Crippen LogP) is 3.70. The first-order valence-corrected chi connectivity index (χ1v) is 7.73. The molecule has 2 nitrogen and oxygen atoms in total. The van der Waals surface area contributed by atoms with Gasteiger partial charge in [0, 0.05) is 28.6 Å². The molecule has 0 N–H and O–H groups in total. The standard InChI is InChI=1S/C16H19NOS/c1-3-17(4-2)14-10-12-16(13-11-14)19(18)15-8-6-5-7-9-15/h5-13H,3-4H2,1-2H3. The Labute approximate surface area is 117 Å². The van der Waals surface area contributed by atoms with E-state index in [4.69, 9.17) is 0 Å². The number of anilines is 1. The van der Waals surface area contributed by atoms with Crippen molar-refractivity contribution in [2.75, 3.05) is 18.0 Å². The summed E-state index contributed by atoms with van der Waals surface area (Å²) in [7, 11) is -1.09. The predicted molar refractivity (Wildman–Crippen MR) is 81.1 cm³/mol. The van der Waals surface area contributed by atoms with E-state index in [9.17, 15) is 4.21 Å². The Balaban J connectivity index is 2.21. The lowest BCUT2D eigenvalue weighted by atomic mass is 10.3. The maximum atomic E-state index is 12.4. The highest BCUT2D eigenvalue weighted by molar-refractivity contribution is 7.85. The van der Waals surface area contributed by atoms with Gasteiger partial charge in [0.15, 0.2) is 0 Å². The quantitative estimate of drug-likeness (QED) is 0.828. The van der Waals surface area contributed by atoms with E-state index in [1.807, 2.05) is 54.6 Å². The molecule has 0 saturated heterocycles. The van der Waals surface area contributed by atoms with Gasteiger partial charge in [0.2, 0.25) is 0 Å². The van der Waals surface area contributed by atoms with Gasteiger partial charge in [-0.3, -0.25) is 0 Å². The van der Waals surface area contributed by atoms with Crippen LogP contribution in [0.15, 0.2) is 64.4 Å². The summed E-state index contributed by atoms with van der Waals surface area (Å²) in [5.74, 6) is 0. The SMILES string of the molecule is CCN(CC)c1ccc(S(=O)c2ccccc2)cc1. The molecular formula is C16H19NOS. The highest BCUT2D eigenvalue weighted by Gasteiger charge is 2.07. The average molecular weight is 273 g/mol. The van der Waals surface area contributed by atoms with Crippen LogP contribution in [0.25, 0.3) is 0 Å². The summed E-state index contributed by atoms with van der Waals surface area (Å²) in [6.07, 6.45) is 0. The van der Waals surface area contributed by atoms with E-state index >= 15 is 0 Å². The summed E-state index contributed by atoms with van der Waals surface area (Å²) in [4.78, 5) is 3.97. The van der Waals surface area contributed by atoms with E-state index in [2.05, 4.69) is 18.7 Å². The van der Waals surface area contributed by atoms with Crippen LogP contribution in [0, 0.1) is 0 Å². The fourth-order valence-corrected chi connectivity index (χ4v) is 3.11. The largest absolute Gasteiger partial charge is 0.372 e. The third-order valence-electron chi connectivity index (χ3n) is 3.14. The number of hydrogen-bond acceptors (Lipinski definition) is 2. The molecule has 0 aliphatic heterocycles. The van der Waals surface area contributed by atoms with Crippen molar-refractivity contribution in [2.45, 2.75) is 23.6 Å². The van der Waals surface area contributed by atoms with Gasteiger partial charge < -0.3 is 4.90 Å². The van der Waals surface area contributed by atoms with Crippen molar-refractivity contribution in [1.29, 1.82) is 0 Å². The Hall–Kier alpha value is -1.61. The zero-order valence-electron chi connectivity index (χ0n) is 11.4. The molecule has 100 valence electrons. The van der Waals surface area contributed by atoms with Crippen molar-refractivity contribution < 1.29 is 4.21 Å². The van der Waals surface area contributed by atoms with E-state index in [1.54, 1.807) is 0 Å². The summed E-state index contributed by atoms with van der Waals surface area (Å²) in [6.45, 7) is 6.24. The van der Waals surface area contributed by atoms with E-state index < -0.39 is 10.8 Å². The Kier molecular flexibility index (Phi) is 4.74. The highest BCUT2D eigenvalue weighted by Crippen LogP contribution is 2.20. The van der Waals surface area contributed by atoms with Crippen molar-refractivity contribution in [3.63, 3.8) is 0 Å². The first-order valence-electron chi connectivity index (χ1n) is 6.58. The molecule has 0 spiro atoms. The van der Waals surface area contributed by atoms with E-state index in [1.165, 1.54) is 5.69 Å². The van der Waals surface area contributed by atoms with Crippen LogP contribution in [0.5, 0.6) is 0 Å². The maximum absolute atomic E-state index is 12.4. The van der Waals surface area contributed by atoms with Gasteiger partial charge in [-0.1, -0.05) is 18.2 Å². The summed E-state index contributed by atoms with van der Waals surface area (Å²) < 4.78 is 12.4. The summed E-state index contributed by atoms with van der Waals surface area (Å²) in [5.41, 5.74) is 1.18. The van der Waals surface area contributed by atoms with Crippen molar-refractivity contribution >= 4 is 16.5 Å². The van der Waals surface area contributed by atoms with Gasteiger partial charge in [0.25, 0.3) is 0 Å². The minimum Gasteiger partial charge on any atom is -0.372 e. The first kappa shape index (κ1) is 13.8. The molecule has 0 saturated carbocycles. The lowest BCUT2D eigenvalue weighted by Crippen LogP contribution is -2.21. The molecule has 2 rings (SSSR count). The van der Waals surface area contributed by atoms with Crippen LogP contribution < -0.4 is 4.90 Å². The average Bonchev–Trinajstić information content (AvgIpc) is 2.49. The minimum atomic E-state index is -1.09. The fourth-order valence-electron chi connectivity index (χ4n) is 2.05. The Morgan fingerprint density at radius 1 is 0.842 bits per heavy atom. The highest BCUT2D eigenvalue weighted by atomic mass is 32.2. The van der Waals surface area contributed by atoms with Crippen LogP contribution in [0.1, 0.15) is 13.8 Å². The van der Waals surface area contributed by atoms with Gasteiger partial charge in [0.05, 0.1) is 10.8 Å². The van der Waals surface area contributed by atoms with E-state index in [-0.39, 0.29) is 0 Å². The van der Waals surface area contributed by atoms with Gasteiger partial charge in [-0.2, -0.15) is 0 Å². The first-order chi connectivity index (χ1) is 9.26. The van der Waals surface area contributed by atoms with Crippen molar-refractivity contribution in [3.05, 3.63) is 54.6 Å². The molecule has 0 aliphatic carbocycles. The molecule has 19 heavy (non-hydrogen) atoms. The molecular weight excluding hydrogens is 254 g/mol. The molecule has 1 atom stereocenters. The minimum absolute atomic E-state index is 0.845. The zero-order valence-corrected chi connectivity index (χ0v) is 12.2. The van der Waals surface area contributed by atoms with Gasteiger partial charge in [-0.05, 0) is 50.2 Å². The van der Waals surface area contributed by atoms with Gasteiger partial charge in [-0.25, -0.2) is 4.21 Å². The monoisotopic (exact) mass is 273 g/mol. The van der Waals surface area contributed by atoms with Crippen LogP contribution in [-0.2, 0) is 10.8 Å². The third kappa shape index (κ3) is 3.24. The topological polar surface area (TPSA) is 20.3 Å². The lowest BCUT2D eigenvalue weighted by molar-refractivity contribution is 0.683. The molecule has 1 unspecified atom stereocenters. The van der Waals surface area contributed by atoms with Crippen LogP contribution in [0.2, 0.25) is 0 Å². The summed E-state index contributed by atoms with van der Waals surface area (Å²) >= 11 is 0. The van der Waals surface area contributed by atoms with E-state index in [0.29, 0.717) is 0 Å². The second-order valence-corrected chi connectivity index (χ2v) is 5.73. The molecule has 2 aromatic carbocycles. The summed E-state index contributed by atoms with van der Waals surface area (Å²) in [5, 5.41) is 0. The molecule has 0 radical (unpaired) electrons. The van der Waals surface area contributed by atoms with Gasteiger partial charge >= 0.3 is 0 Å². The number of hydrogen-bond donors (Lipinski definition) is 0. The van der Waals surface area contributed by atoms with Crippen LogP contribution >= 0.6 is 0 Å². The third-order valence-corrected chi connectivity index (χ3v) is 4.54. The Bertz CT molecular complexity index is 532. The molecule has 0 fully saturated rings. The molecule has 0 amide bonds. The van der Waals surface area contributed by atoms with Crippen LogP contribution in [0.4, 0.5) is 5.69 Å². The molecule has 0 aliphatic rings. The van der Waals surface area contributed by atoms with Gasteiger partial charge in [-0.15, -0.1) is 0 Å². The Morgan fingerprint density at radius 2 is 1.37 bits per heavy atom. The molecule has 0 aromatic heterocycles. The van der Waals surface area contributed by atoms with Crippen LogP contribution in [-0.4, -0.2) is 17.3 Å². The smallest absolute Gasteiger partial charge is 0.0849 e. The fraction of sp³-hybridized carbons (Fsp3) is 0.250. The lowest BCUT2D eigenvalue weighted by Gasteiger charge is -2.21. The zero-order chi connectivity index (χ0) is 13.7. The molecule has 2 aromatic rings. The second-order valence-electron chi connectivity index (χ2n) is 4.25. The Morgan fingerprint density at radius 3 is 1.89 bits per heavy atom. The maximum Gasteiger partial charge on any atom is 0.0849 e. The number of benzene rings is 2. The second kappa shape index (κ2) is 6.53. The summed E-state index contributed by atoms with van der Waals surface area (Å²) in [6, 6.07) is 17.6. The molecule has 0 bridgehead atoms. The number of nitrogens with zero attached hydrogens (tertiary/aromatic N) is 1. The van der Waals surface area contributed by atoms with Crippen molar-refractivity contribution in [3.8, 4) is 0 Å². The number of rotatable bonds is 5.